The summed E-state index contributed by atoms with van der Waals surface area (Å²) in [5.74, 6) is -2.94. The Morgan fingerprint density at radius 3 is 2.58 bits per heavy atom. The zero-order valence-corrected chi connectivity index (χ0v) is 10.7. The third-order valence-electron chi connectivity index (χ3n) is 3.02. The summed E-state index contributed by atoms with van der Waals surface area (Å²) < 4.78 is 38.8. The molecule has 0 unspecified atom stereocenters. The molecule has 0 bridgehead atoms. The van der Waals surface area contributed by atoms with Crippen molar-refractivity contribution in [2.45, 2.75) is 12.8 Å². The quantitative estimate of drug-likeness (QED) is 0.851. The van der Waals surface area contributed by atoms with Gasteiger partial charge < -0.3 is 10.2 Å². The maximum atomic E-state index is 13.0. The highest BCUT2D eigenvalue weighted by Gasteiger charge is 2.12. The number of benzene rings is 1. The third kappa shape index (κ3) is 3.39. The first kappa shape index (κ1) is 13.7. The molecule has 0 fully saturated rings. The monoisotopic (exact) mass is 271 g/mol. The summed E-state index contributed by atoms with van der Waals surface area (Å²) in [5.41, 5.74) is 0.419. The molecule has 1 aromatic carbocycles. The molecule has 2 rings (SSSR count). The van der Waals surface area contributed by atoms with Gasteiger partial charge in [0, 0.05) is 26.7 Å². The fourth-order valence-electron chi connectivity index (χ4n) is 1.98. The smallest absolute Gasteiger partial charge is 0.194 e. The van der Waals surface area contributed by atoms with Crippen molar-refractivity contribution in [1.29, 1.82) is 0 Å². The number of nitrogens with one attached hydrogen (secondary N) is 1. The molecule has 0 spiro atoms. The van der Waals surface area contributed by atoms with Crippen molar-refractivity contribution in [1.82, 2.24) is 10.2 Å². The normalized spacial score (nSPS) is 15.4. The minimum Gasteiger partial charge on any atom is -0.356 e. The van der Waals surface area contributed by atoms with Crippen LogP contribution in [0.1, 0.15) is 12.0 Å². The molecule has 0 saturated heterocycles. The first-order chi connectivity index (χ1) is 9.08. The zero-order valence-electron chi connectivity index (χ0n) is 10.7. The second kappa shape index (κ2) is 5.95. The van der Waals surface area contributed by atoms with Crippen molar-refractivity contribution in [3.05, 3.63) is 35.1 Å². The molecule has 0 amide bonds. The van der Waals surface area contributed by atoms with Crippen LogP contribution in [0.2, 0.25) is 0 Å². The van der Waals surface area contributed by atoms with E-state index in [1.165, 1.54) is 0 Å². The Balaban J connectivity index is 1.91. The fourth-order valence-corrected chi connectivity index (χ4v) is 1.98. The van der Waals surface area contributed by atoms with Crippen molar-refractivity contribution in [2.24, 2.45) is 4.99 Å². The number of aliphatic imine (C=N–C) groups is 1. The molecular formula is C13H16F3N3. The molecule has 1 heterocycles. The Bertz CT molecular complexity index is 465. The van der Waals surface area contributed by atoms with E-state index in [9.17, 15) is 13.2 Å². The van der Waals surface area contributed by atoms with Crippen LogP contribution in [0.25, 0.3) is 0 Å². The Labute approximate surface area is 110 Å². The van der Waals surface area contributed by atoms with E-state index in [0.29, 0.717) is 18.5 Å². The molecule has 104 valence electrons. The number of halogens is 3. The minimum atomic E-state index is -1.42. The van der Waals surface area contributed by atoms with E-state index in [2.05, 4.69) is 10.3 Å². The van der Waals surface area contributed by atoms with Gasteiger partial charge in [0.25, 0.3) is 0 Å². The Hall–Kier alpha value is -1.72. The van der Waals surface area contributed by atoms with Crippen molar-refractivity contribution >= 4 is 5.96 Å². The van der Waals surface area contributed by atoms with Gasteiger partial charge in [0.15, 0.2) is 23.4 Å². The lowest BCUT2D eigenvalue weighted by atomic mass is 10.1. The second-order valence-corrected chi connectivity index (χ2v) is 4.53. The molecular weight excluding hydrogens is 255 g/mol. The molecule has 1 aromatic rings. The lowest BCUT2D eigenvalue weighted by Crippen LogP contribution is -2.42. The van der Waals surface area contributed by atoms with Crippen molar-refractivity contribution in [3.8, 4) is 0 Å². The van der Waals surface area contributed by atoms with E-state index >= 15 is 0 Å². The largest absolute Gasteiger partial charge is 0.356 e. The average molecular weight is 271 g/mol. The fraction of sp³-hybridized carbons (Fsp3) is 0.462. The van der Waals surface area contributed by atoms with Crippen molar-refractivity contribution < 1.29 is 13.2 Å². The molecule has 19 heavy (non-hydrogen) atoms. The number of hydrogen-bond acceptors (Lipinski definition) is 3. The van der Waals surface area contributed by atoms with Gasteiger partial charge in [-0.05, 0) is 30.5 Å². The lowest BCUT2D eigenvalue weighted by Gasteiger charge is -2.25. The molecule has 0 atom stereocenters. The van der Waals surface area contributed by atoms with Gasteiger partial charge in [0.05, 0.1) is 0 Å². The molecule has 0 saturated carbocycles. The van der Waals surface area contributed by atoms with E-state index < -0.39 is 17.5 Å². The highest BCUT2D eigenvalue weighted by atomic mass is 19.2. The molecule has 0 radical (unpaired) electrons. The molecule has 0 aromatic heterocycles. The van der Waals surface area contributed by atoms with Crippen LogP contribution in [0.15, 0.2) is 17.1 Å². The third-order valence-corrected chi connectivity index (χ3v) is 3.02. The molecule has 3 nitrogen and oxygen atoms in total. The average Bonchev–Trinajstić information content (AvgIpc) is 2.38. The van der Waals surface area contributed by atoms with Crippen LogP contribution >= 0.6 is 0 Å². The maximum absolute atomic E-state index is 13.0. The van der Waals surface area contributed by atoms with Crippen LogP contribution in [0.5, 0.6) is 0 Å². The van der Waals surface area contributed by atoms with Crippen LogP contribution in [-0.2, 0) is 6.42 Å². The number of guanidine groups is 1. The van der Waals surface area contributed by atoms with Gasteiger partial charge in [-0.15, -0.1) is 0 Å². The minimum absolute atomic E-state index is 0.404. The van der Waals surface area contributed by atoms with Crippen LogP contribution in [0.3, 0.4) is 0 Å². The predicted octanol–water partition coefficient (Wildman–Crippen LogP) is 1.93. The predicted molar refractivity (Wildman–Crippen MR) is 67.6 cm³/mol. The topological polar surface area (TPSA) is 27.6 Å². The molecule has 1 aliphatic heterocycles. The van der Waals surface area contributed by atoms with E-state index in [1.807, 2.05) is 11.9 Å². The summed E-state index contributed by atoms with van der Waals surface area (Å²) in [6, 6.07) is 2.04. The summed E-state index contributed by atoms with van der Waals surface area (Å²) in [4.78, 5) is 6.31. The van der Waals surface area contributed by atoms with Gasteiger partial charge in [0.1, 0.15) is 0 Å². The Kier molecular flexibility index (Phi) is 4.29. The summed E-state index contributed by atoms with van der Waals surface area (Å²) in [5, 5.41) is 3.11. The summed E-state index contributed by atoms with van der Waals surface area (Å²) in [6.07, 6.45) is 1.43. The van der Waals surface area contributed by atoms with Crippen LogP contribution in [-0.4, -0.2) is 37.5 Å². The van der Waals surface area contributed by atoms with Gasteiger partial charge >= 0.3 is 0 Å². The summed E-state index contributed by atoms with van der Waals surface area (Å²) in [7, 11) is 1.93. The Morgan fingerprint density at radius 2 is 1.95 bits per heavy atom. The van der Waals surface area contributed by atoms with Crippen molar-refractivity contribution in [3.63, 3.8) is 0 Å². The highest BCUT2D eigenvalue weighted by Crippen LogP contribution is 2.13. The second-order valence-electron chi connectivity index (χ2n) is 4.53. The summed E-state index contributed by atoms with van der Waals surface area (Å²) >= 11 is 0. The zero-order chi connectivity index (χ0) is 13.8. The van der Waals surface area contributed by atoms with Gasteiger partial charge in [-0.25, -0.2) is 13.2 Å². The number of hydrogen-bond donors (Lipinski definition) is 1. The maximum Gasteiger partial charge on any atom is 0.194 e. The molecule has 1 N–H and O–H groups in total. The van der Waals surface area contributed by atoms with E-state index in [0.717, 1.165) is 37.6 Å². The van der Waals surface area contributed by atoms with Gasteiger partial charge in [-0.1, -0.05) is 0 Å². The van der Waals surface area contributed by atoms with Crippen LogP contribution in [0, 0.1) is 17.5 Å². The summed E-state index contributed by atoms with van der Waals surface area (Å²) in [6.45, 7) is 2.21. The first-order valence-corrected chi connectivity index (χ1v) is 6.21. The number of nitrogens with zero attached hydrogens (tertiary/aromatic N) is 2. The van der Waals surface area contributed by atoms with Gasteiger partial charge in [-0.2, -0.15) is 0 Å². The van der Waals surface area contributed by atoms with E-state index in [-0.39, 0.29) is 0 Å². The lowest BCUT2D eigenvalue weighted by molar-refractivity contribution is 0.442. The Morgan fingerprint density at radius 1 is 1.26 bits per heavy atom. The molecule has 1 aliphatic rings. The molecule has 6 heteroatoms. The standard InChI is InChI=1S/C13H16F3N3/c1-19-6-2-4-17-13(19)18-5-3-9-7-10(14)12(16)11(15)8-9/h7-8H,2-6H2,1H3,(H,17,18). The highest BCUT2D eigenvalue weighted by molar-refractivity contribution is 5.80. The number of rotatable bonds is 3. The van der Waals surface area contributed by atoms with Crippen LogP contribution < -0.4 is 5.32 Å². The van der Waals surface area contributed by atoms with E-state index in [4.69, 9.17) is 0 Å². The molecule has 0 aliphatic carbocycles. The van der Waals surface area contributed by atoms with Crippen LogP contribution in [0.4, 0.5) is 13.2 Å². The van der Waals surface area contributed by atoms with Gasteiger partial charge in [-0.3, -0.25) is 4.99 Å². The first-order valence-electron chi connectivity index (χ1n) is 6.21. The van der Waals surface area contributed by atoms with Gasteiger partial charge in [0.2, 0.25) is 0 Å². The van der Waals surface area contributed by atoms with E-state index in [1.54, 1.807) is 0 Å². The van der Waals surface area contributed by atoms with Crippen molar-refractivity contribution in [2.75, 3.05) is 26.7 Å². The SMILES string of the molecule is CN1CCCN=C1NCCc1cc(F)c(F)c(F)c1.